The third-order valence-corrected chi connectivity index (χ3v) is 3.90. The fraction of sp³-hybridized carbons (Fsp3) is 0.238. The molecule has 4 heteroatoms. The number of rotatable bonds is 5. The summed E-state index contributed by atoms with van der Waals surface area (Å²) in [6, 6.07) is 18.0. The molecule has 3 aromatic rings. The summed E-state index contributed by atoms with van der Waals surface area (Å²) in [5.74, 6) is 1.53. The van der Waals surface area contributed by atoms with Crippen LogP contribution in [0.15, 0.2) is 48.5 Å². The first-order valence-electron chi connectivity index (χ1n) is 8.46. The van der Waals surface area contributed by atoms with Gasteiger partial charge in [0.2, 0.25) is 0 Å². The largest absolute Gasteiger partial charge is 0.491 e. The zero-order valence-electron chi connectivity index (χ0n) is 14.7. The summed E-state index contributed by atoms with van der Waals surface area (Å²) in [6.45, 7) is 6.81. The predicted octanol–water partition coefficient (Wildman–Crippen LogP) is 4.91. The van der Waals surface area contributed by atoms with Crippen LogP contribution in [0.1, 0.15) is 32.2 Å². The zero-order chi connectivity index (χ0) is 17.8. The van der Waals surface area contributed by atoms with Crippen LogP contribution in [0.3, 0.4) is 0 Å². The van der Waals surface area contributed by atoms with Gasteiger partial charge in [0.05, 0.1) is 22.7 Å². The lowest BCUT2D eigenvalue weighted by molar-refractivity contribution is 0.242. The highest BCUT2D eigenvalue weighted by Crippen LogP contribution is 2.24. The quantitative estimate of drug-likeness (QED) is 0.624. The molecule has 0 N–H and O–H groups in total. The van der Waals surface area contributed by atoms with Crippen molar-refractivity contribution in [3.8, 4) is 11.8 Å². The minimum atomic E-state index is 0.139. The lowest BCUT2D eigenvalue weighted by Gasteiger charge is -2.09. The Morgan fingerprint density at radius 2 is 1.92 bits per heavy atom. The van der Waals surface area contributed by atoms with Gasteiger partial charge in [0.25, 0.3) is 0 Å². The van der Waals surface area contributed by atoms with E-state index in [0.717, 1.165) is 28.9 Å². The molecule has 0 aliphatic rings. The SMILES string of the molecule is CCn1c(/C(C#N)=C\c2ccc(OC(C)C)cc2)nc2ccccc21. The maximum Gasteiger partial charge on any atom is 0.151 e. The van der Waals surface area contributed by atoms with Crippen molar-refractivity contribution in [2.24, 2.45) is 0 Å². The molecule has 0 unspecified atom stereocenters. The lowest BCUT2D eigenvalue weighted by Crippen LogP contribution is -2.05. The normalized spacial score (nSPS) is 11.7. The number of hydrogen-bond acceptors (Lipinski definition) is 3. The summed E-state index contributed by atoms with van der Waals surface area (Å²) < 4.78 is 7.73. The van der Waals surface area contributed by atoms with Gasteiger partial charge in [0.15, 0.2) is 5.82 Å². The molecule has 0 aliphatic carbocycles. The molecule has 0 saturated heterocycles. The second-order valence-corrected chi connectivity index (χ2v) is 6.07. The molecule has 0 fully saturated rings. The third-order valence-electron chi connectivity index (χ3n) is 3.90. The number of imidazole rings is 1. The van der Waals surface area contributed by atoms with Crippen LogP contribution in [-0.2, 0) is 6.54 Å². The highest BCUT2D eigenvalue weighted by Gasteiger charge is 2.13. The number of allylic oxidation sites excluding steroid dienone is 1. The molecule has 1 aromatic heterocycles. The molecule has 0 aliphatic heterocycles. The van der Waals surface area contributed by atoms with Crippen molar-refractivity contribution in [2.45, 2.75) is 33.4 Å². The number of fused-ring (bicyclic) bond motifs is 1. The van der Waals surface area contributed by atoms with E-state index in [1.54, 1.807) is 0 Å². The van der Waals surface area contributed by atoms with E-state index in [1.165, 1.54) is 0 Å². The van der Waals surface area contributed by atoms with Crippen molar-refractivity contribution in [2.75, 3.05) is 0 Å². The molecular weight excluding hydrogens is 310 g/mol. The number of hydrogen-bond donors (Lipinski definition) is 0. The summed E-state index contributed by atoms with van der Waals surface area (Å²) in [5.41, 5.74) is 3.45. The molecule has 126 valence electrons. The van der Waals surface area contributed by atoms with E-state index in [1.807, 2.05) is 68.5 Å². The zero-order valence-corrected chi connectivity index (χ0v) is 14.7. The standard InChI is InChI=1S/C21H21N3O/c1-4-24-20-8-6-5-7-19(20)23-21(24)17(14-22)13-16-9-11-18(12-10-16)25-15(2)3/h5-13,15H,4H2,1-3H3/b17-13-. The average molecular weight is 331 g/mol. The Balaban J connectivity index is 2.00. The highest BCUT2D eigenvalue weighted by molar-refractivity contribution is 5.90. The van der Waals surface area contributed by atoms with Gasteiger partial charge in [0, 0.05) is 6.54 Å². The molecule has 1 heterocycles. The van der Waals surface area contributed by atoms with E-state index in [9.17, 15) is 5.26 Å². The second-order valence-electron chi connectivity index (χ2n) is 6.07. The molecule has 0 bridgehead atoms. The molecule has 0 radical (unpaired) electrons. The van der Waals surface area contributed by atoms with E-state index in [0.29, 0.717) is 11.4 Å². The van der Waals surface area contributed by atoms with Crippen molar-refractivity contribution in [3.63, 3.8) is 0 Å². The van der Waals surface area contributed by atoms with Crippen molar-refractivity contribution < 1.29 is 4.74 Å². The maximum absolute atomic E-state index is 9.66. The first-order chi connectivity index (χ1) is 12.1. The molecule has 0 amide bonds. The Kier molecular flexibility index (Phi) is 4.85. The first kappa shape index (κ1) is 16.8. The van der Waals surface area contributed by atoms with Crippen LogP contribution in [0.25, 0.3) is 22.7 Å². The van der Waals surface area contributed by atoms with Gasteiger partial charge in [-0.1, -0.05) is 24.3 Å². The van der Waals surface area contributed by atoms with Crippen molar-refractivity contribution in [1.29, 1.82) is 5.26 Å². The van der Waals surface area contributed by atoms with Gasteiger partial charge < -0.3 is 9.30 Å². The molecule has 0 saturated carbocycles. The summed E-state index contributed by atoms with van der Waals surface area (Å²) in [6.07, 6.45) is 2.01. The average Bonchev–Trinajstić information content (AvgIpc) is 2.99. The van der Waals surface area contributed by atoms with Crippen molar-refractivity contribution in [1.82, 2.24) is 9.55 Å². The maximum atomic E-state index is 9.66. The van der Waals surface area contributed by atoms with E-state index in [-0.39, 0.29) is 6.10 Å². The fourth-order valence-electron chi connectivity index (χ4n) is 2.83. The van der Waals surface area contributed by atoms with Gasteiger partial charge in [-0.15, -0.1) is 0 Å². The fourth-order valence-corrected chi connectivity index (χ4v) is 2.83. The topological polar surface area (TPSA) is 50.8 Å². The second kappa shape index (κ2) is 7.23. The molecule has 0 spiro atoms. The van der Waals surface area contributed by atoms with Crippen molar-refractivity contribution in [3.05, 3.63) is 59.9 Å². The smallest absolute Gasteiger partial charge is 0.151 e. The molecule has 3 rings (SSSR count). The molecule has 0 atom stereocenters. The van der Waals surface area contributed by atoms with Crippen molar-refractivity contribution >= 4 is 22.7 Å². The van der Waals surface area contributed by atoms with Gasteiger partial charge in [-0.25, -0.2) is 4.98 Å². The number of para-hydroxylation sites is 2. The van der Waals surface area contributed by atoms with E-state index in [2.05, 4.69) is 22.5 Å². The Labute approximate surface area is 148 Å². The third kappa shape index (κ3) is 3.56. The lowest BCUT2D eigenvalue weighted by atomic mass is 10.1. The number of aromatic nitrogens is 2. The van der Waals surface area contributed by atoms with Crippen LogP contribution >= 0.6 is 0 Å². The monoisotopic (exact) mass is 331 g/mol. The van der Waals surface area contributed by atoms with Crippen LogP contribution < -0.4 is 4.74 Å². The molecular formula is C21H21N3O. The van der Waals surface area contributed by atoms with Gasteiger partial charge in [0.1, 0.15) is 11.8 Å². The summed E-state index contributed by atoms with van der Waals surface area (Å²) in [7, 11) is 0. The molecule has 25 heavy (non-hydrogen) atoms. The minimum absolute atomic E-state index is 0.139. The van der Waals surface area contributed by atoms with Gasteiger partial charge in [-0.3, -0.25) is 0 Å². The van der Waals surface area contributed by atoms with Gasteiger partial charge in [-0.2, -0.15) is 5.26 Å². The Morgan fingerprint density at radius 1 is 1.20 bits per heavy atom. The number of aryl methyl sites for hydroxylation is 1. The van der Waals surface area contributed by atoms with Crippen LogP contribution in [0.5, 0.6) is 5.75 Å². The molecule has 4 nitrogen and oxygen atoms in total. The van der Waals surface area contributed by atoms with Crippen LogP contribution in [0.4, 0.5) is 0 Å². The van der Waals surface area contributed by atoms with Gasteiger partial charge >= 0.3 is 0 Å². The number of nitriles is 1. The van der Waals surface area contributed by atoms with E-state index in [4.69, 9.17) is 4.74 Å². The Hall–Kier alpha value is -3.06. The van der Waals surface area contributed by atoms with Crippen LogP contribution in [-0.4, -0.2) is 15.7 Å². The highest BCUT2D eigenvalue weighted by atomic mass is 16.5. The van der Waals surface area contributed by atoms with E-state index < -0.39 is 0 Å². The molecule has 2 aromatic carbocycles. The van der Waals surface area contributed by atoms with Crippen LogP contribution in [0, 0.1) is 11.3 Å². The number of nitrogens with zero attached hydrogens (tertiary/aromatic N) is 3. The first-order valence-corrected chi connectivity index (χ1v) is 8.46. The summed E-state index contributed by atoms with van der Waals surface area (Å²) >= 11 is 0. The number of ether oxygens (including phenoxy) is 1. The summed E-state index contributed by atoms with van der Waals surface area (Å²) in [5, 5.41) is 9.66. The Morgan fingerprint density at radius 3 is 2.56 bits per heavy atom. The predicted molar refractivity (Wildman–Crippen MR) is 101 cm³/mol. The van der Waals surface area contributed by atoms with Gasteiger partial charge in [-0.05, 0) is 56.7 Å². The minimum Gasteiger partial charge on any atom is -0.491 e. The van der Waals surface area contributed by atoms with Crippen LogP contribution in [0.2, 0.25) is 0 Å². The Bertz CT molecular complexity index is 943. The van der Waals surface area contributed by atoms with E-state index >= 15 is 0 Å². The summed E-state index contributed by atoms with van der Waals surface area (Å²) in [4.78, 5) is 4.66. The number of benzene rings is 2.